The summed E-state index contributed by atoms with van der Waals surface area (Å²) in [6.07, 6.45) is -4.73. The molecule has 0 N–H and O–H groups in total. The lowest BCUT2D eigenvalue weighted by Gasteiger charge is -2.22. The van der Waals surface area contributed by atoms with Crippen LogP contribution in [0, 0.1) is 0 Å². The van der Waals surface area contributed by atoms with Crippen molar-refractivity contribution in [2.45, 2.75) is 31.0 Å². The van der Waals surface area contributed by atoms with E-state index in [1.807, 2.05) is 0 Å². The minimum Gasteiger partial charge on any atom is -0.466 e. The fraction of sp³-hybridized carbons (Fsp3) is 0.316. The average molecular weight is 415 g/mol. The summed E-state index contributed by atoms with van der Waals surface area (Å²) in [7, 11) is -4.11. The van der Waals surface area contributed by atoms with Crippen LogP contribution in [-0.4, -0.2) is 31.8 Å². The van der Waals surface area contributed by atoms with Gasteiger partial charge in [-0.05, 0) is 36.8 Å². The normalized spacial score (nSPS) is 12.2. The van der Waals surface area contributed by atoms with Crippen LogP contribution in [0.4, 0.5) is 13.2 Å². The molecule has 2 aromatic carbocycles. The number of ether oxygens (including phenoxy) is 1. The van der Waals surface area contributed by atoms with Crippen molar-refractivity contribution in [3.63, 3.8) is 0 Å². The molecule has 0 saturated carbocycles. The van der Waals surface area contributed by atoms with E-state index in [4.69, 9.17) is 4.74 Å². The molecule has 0 unspecified atom stereocenters. The number of hydrogen-bond acceptors (Lipinski definition) is 4. The Morgan fingerprint density at radius 1 is 1.04 bits per heavy atom. The van der Waals surface area contributed by atoms with Crippen molar-refractivity contribution in [3.05, 3.63) is 65.7 Å². The van der Waals surface area contributed by atoms with Crippen LogP contribution in [-0.2, 0) is 32.3 Å². The Kier molecular flexibility index (Phi) is 7.20. The third-order valence-electron chi connectivity index (χ3n) is 3.89. The lowest BCUT2D eigenvalue weighted by molar-refractivity contribution is -0.143. The van der Waals surface area contributed by atoms with Gasteiger partial charge in [0.25, 0.3) is 0 Å². The molecule has 0 saturated heterocycles. The van der Waals surface area contributed by atoms with Crippen LogP contribution in [0.3, 0.4) is 0 Å². The van der Waals surface area contributed by atoms with Gasteiger partial charge in [-0.15, -0.1) is 0 Å². The van der Waals surface area contributed by atoms with Crippen LogP contribution in [0.5, 0.6) is 0 Å². The Hall–Kier alpha value is -2.39. The van der Waals surface area contributed by atoms with Gasteiger partial charge in [-0.1, -0.05) is 30.3 Å². The Bertz CT molecular complexity index is 882. The van der Waals surface area contributed by atoms with E-state index in [-0.39, 0.29) is 31.0 Å². The van der Waals surface area contributed by atoms with Gasteiger partial charge >= 0.3 is 12.1 Å². The van der Waals surface area contributed by atoms with Crippen molar-refractivity contribution >= 4 is 16.0 Å². The molecule has 0 aromatic heterocycles. The first-order valence-corrected chi connectivity index (χ1v) is 9.95. The predicted octanol–water partition coefficient (Wildman–Crippen LogP) is 3.85. The van der Waals surface area contributed by atoms with Crippen LogP contribution >= 0.6 is 0 Å². The molecule has 0 aliphatic carbocycles. The third-order valence-corrected chi connectivity index (χ3v) is 5.75. The zero-order valence-corrected chi connectivity index (χ0v) is 16.0. The Morgan fingerprint density at radius 3 is 2.18 bits per heavy atom. The first kappa shape index (κ1) is 21.9. The molecule has 9 heteroatoms. The van der Waals surface area contributed by atoms with Gasteiger partial charge in [0.1, 0.15) is 0 Å². The zero-order valence-electron chi connectivity index (χ0n) is 15.1. The molecule has 0 spiro atoms. The second-order valence-corrected chi connectivity index (χ2v) is 7.84. The Labute approximate surface area is 161 Å². The summed E-state index contributed by atoms with van der Waals surface area (Å²) < 4.78 is 70.0. The van der Waals surface area contributed by atoms with Crippen LogP contribution in [0.15, 0.2) is 59.5 Å². The highest BCUT2D eigenvalue weighted by Crippen LogP contribution is 2.30. The zero-order chi connectivity index (χ0) is 20.8. The van der Waals surface area contributed by atoms with Gasteiger partial charge in [-0.3, -0.25) is 4.79 Å². The molecule has 0 atom stereocenters. The van der Waals surface area contributed by atoms with Crippen LogP contribution in [0.25, 0.3) is 0 Å². The number of alkyl halides is 3. The Balaban J connectivity index is 2.29. The summed E-state index contributed by atoms with van der Waals surface area (Å²) in [5.41, 5.74) is -0.255. The van der Waals surface area contributed by atoms with Crippen molar-refractivity contribution in [2.24, 2.45) is 0 Å². The maximum absolute atomic E-state index is 13.0. The molecular formula is C19H20F3NO4S. The number of nitrogens with zero attached hydrogens (tertiary/aromatic N) is 1. The van der Waals surface area contributed by atoms with E-state index in [2.05, 4.69) is 0 Å². The molecule has 0 amide bonds. The second kappa shape index (κ2) is 9.20. The van der Waals surface area contributed by atoms with E-state index in [0.717, 1.165) is 28.6 Å². The standard InChI is InChI=1S/C19H20F3NO4S/c1-2-27-18(24)12-13-23(14-15-6-4-3-5-7-15)28(25,26)17-10-8-16(9-11-17)19(20,21)22/h3-11H,2,12-14H2,1H3. The molecule has 28 heavy (non-hydrogen) atoms. The second-order valence-electron chi connectivity index (χ2n) is 5.90. The highest BCUT2D eigenvalue weighted by molar-refractivity contribution is 7.89. The van der Waals surface area contributed by atoms with Gasteiger partial charge in [0.15, 0.2) is 0 Å². The minimum absolute atomic E-state index is 0.0242. The molecule has 5 nitrogen and oxygen atoms in total. The number of carbonyl (C=O) groups excluding carboxylic acids is 1. The van der Waals surface area contributed by atoms with Crippen LogP contribution < -0.4 is 0 Å². The van der Waals surface area contributed by atoms with Gasteiger partial charge in [-0.2, -0.15) is 17.5 Å². The molecule has 0 heterocycles. The van der Waals surface area contributed by atoms with E-state index in [9.17, 15) is 26.4 Å². The molecule has 0 aliphatic heterocycles. The summed E-state index contributed by atoms with van der Waals surface area (Å²) in [5, 5.41) is 0. The van der Waals surface area contributed by atoms with Crippen LogP contribution in [0.2, 0.25) is 0 Å². The number of carbonyl (C=O) groups is 1. The average Bonchev–Trinajstić information content (AvgIpc) is 2.65. The molecule has 0 radical (unpaired) electrons. The van der Waals surface area contributed by atoms with Crippen molar-refractivity contribution in [1.82, 2.24) is 4.31 Å². The number of benzene rings is 2. The summed E-state index contributed by atoms with van der Waals surface area (Å²) in [4.78, 5) is 11.4. The number of esters is 1. The van der Waals surface area contributed by atoms with Crippen LogP contribution in [0.1, 0.15) is 24.5 Å². The topological polar surface area (TPSA) is 63.7 Å². The fourth-order valence-corrected chi connectivity index (χ4v) is 3.91. The summed E-state index contributed by atoms with van der Waals surface area (Å²) in [6.45, 7) is 1.63. The quantitative estimate of drug-likeness (QED) is 0.615. The number of rotatable bonds is 8. The van der Waals surface area contributed by atoms with Gasteiger partial charge in [-0.25, -0.2) is 8.42 Å². The highest BCUT2D eigenvalue weighted by atomic mass is 32.2. The lowest BCUT2D eigenvalue weighted by Crippen LogP contribution is -2.33. The van der Waals surface area contributed by atoms with Gasteiger partial charge in [0.2, 0.25) is 10.0 Å². The van der Waals surface area contributed by atoms with E-state index in [1.165, 1.54) is 0 Å². The summed E-state index contributed by atoms with van der Waals surface area (Å²) in [5.74, 6) is -0.553. The molecule has 0 fully saturated rings. The predicted molar refractivity (Wildman–Crippen MR) is 96.7 cm³/mol. The third kappa shape index (κ3) is 5.80. The largest absolute Gasteiger partial charge is 0.466 e. The summed E-state index contributed by atoms with van der Waals surface area (Å²) in [6, 6.07) is 12.0. The van der Waals surface area contributed by atoms with Crippen molar-refractivity contribution in [2.75, 3.05) is 13.2 Å². The van der Waals surface area contributed by atoms with Crippen molar-refractivity contribution in [1.29, 1.82) is 0 Å². The molecule has 2 aromatic rings. The van der Waals surface area contributed by atoms with Crippen molar-refractivity contribution in [3.8, 4) is 0 Å². The first-order chi connectivity index (χ1) is 13.1. The number of hydrogen-bond donors (Lipinski definition) is 0. The van der Waals surface area contributed by atoms with E-state index < -0.39 is 27.7 Å². The lowest BCUT2D eigenvalue weighted by atomic mass is 10.2. The van der Waals surface area contributed by atoms with E-state index in [0.29, 0.717) is 5.56 Å². The Morgan fingerprint density at radius 2 is 1.64 bits per heavy atom. The highest BCUT2D eigenvalue weighted by Gasteiger charge is 2.31. The van der Waals surface area contributed by atoms with Gasteiger partial charge in [0.05, 0.1) is 23.5 Å². The van der Waals surface area contributed by atoms with E-state index in [1.54, 1.807) is 37.3 Å². The summed E-state index contributed by atoms with van der Waals surface area (Å²) >= 11 is 0. The fourth-order valence-electron chi connectivity index (χ4n) is 2.49. The first-order valence-electron chi connectivity index (χ1n) is 8.51. The molecular weight excluding hydrogens is 395 g/mol. The minimum atomic E-state index is -4.56. The maximum atomic E-state index is 13.0. The number of sulfonamides is 1. The van der Waals surface area contributed by atoms with Gasteiger partial charge < -0.3 is 4.74 Å². The monoisotopic (exact) mass is 415 g/mol. The molecule has 2 rings (SSSR count). The smallest absolute Gasteiger partial charge is 0.416 e. The maximum Gasteiger partial charge on any atom is 0.416 e. The molecule has 0 aliphatic rings. The van der Waals surface area contributed by atoms with Gasteiger partial charge in [0, 0.05) is 13.1 Å². The van der Waals surface area contributed by atoms with Crippen molar-refractivity contribution < 1.29 is 31.1 Å². The SMILES string of the molecule is CCOC(=O)CCN(Cc1ccccc1)S(=O)(=O)c1ccc(C(F)(F)F)cc1. The van der Waals surface area contributed by atoms with E-state index >= 15 is 0 Å². The number of halogens is 3. The molecule has 152 valence electrons. The molecule has 0 bridgehead atoms.